The lowest BCUT2D eigenvalue weighted by molar-refractivity contribution is -0.0124. The predicted octanol–water partition coefficient (Wildman–Crippen LogP) is 1.75. The Labute approximate surface area is 106 Å². The van der Waals surface area contributed by atoms with Gasteiger partial charge in [-0.3, -0.25) is 0 Å². The molecule has 1 aliphatic rings. The second kappa shape index (κ2) is 6.72. The molecule has 3 nitrogen and oxygen atoms in total. The Morgan fingerprint density at radius 2 is 2.18 bits per heavy atom. The summed E-state index contributed by atoms with van der Waals surface area (Å²) >= 11 is 0. The summed E-state index contributed by atoms with van der Waals surface area (Å²) in [6.45, 7) is 9.01. The fraction of sp³-hybridized carbons (Fsp3) is 1.00. The number of nitrogens with one attached hydrogen (secondary N) is 1. The van der Waals surface area contributed by atoms with Gasteiger partial charge < -0.3 is 16.2 Å². The highest BCUT2D eigenvalue weighted by Crippen LogP contribution is 2.31. The van der Waals surface area contributed by atoms with Crippen molar-refractivity contribution >= 4 is 0 Å². The Balaban J connectivity index is 2.29. The highest BCUT2D eigenvalue weighted by atomic mass is 16.3. The van der Waals surface area contributed by atoms with Gasteiger partial charge >= 0.3 is 0 Å². The van der Waals surface area contributed by atoms with Crippen molar-refractivity contribution in [3.63, 3.8) is 0 Å². The highest BCUT2D eigenvalue weighted by molar-refractivity contribution is 4.87. The quantitative estimate of drug-likeness (QED) is 0.665. The summed E-state index contributed by atoms with van der Waals surface area (Å²) in [5.41, 5.74) is 5.27. The van der Waals surface area contributed by atoms with Gasteiger partial charge in [0.15, 0.2) is 0 Å². The Bertz CT molecular complexity index is 220. The molecule has 0 aromatic carbocycles. The summed E-state index contributed by atoms with van der Waals surface area (Å²) in [5, 5.41) is 13.9. The largest absolute Gasteiger partial charge is 0.389 e. The van der Waals surface area contributed by atoms with Gasteiger partial charge in [-0.15, -0.1) is 0 Å². The zero-order valence-electron chi connectivity index (χ0n) is 11.7. The molecule has 102 valence electrons. The number of hydrogen-bond acceptors (Lipinski definition) is 3. The normalized spacial score (nSPS) is 31.8. The van der Waals surface area contributed by atoms with E-state index in [1.54, 1.807) is 0 Å². The lowest BCUT2D eigenvalue weighted by Gasteiger charge is -2.36. The highest BCUT2D eigenvalue weighted by Gasteiger charge is 2.32. The Hall–Kier alpha value is -0.120. The third-order valence-corrected chi connectivity index (χ3v) is 4.17. The molecule has 0 aliphatic heterocycles. The van der Waals surface area contributed by atoms with Crippen molar-refractivity contribution in [1.82, 2.24) is 5.32 Å². The molecule has 4 N–H and O–H groups in total. The molecule has 0 heterocycles. The molecule has 0 spiro atoms. The van der Waals surface area contributed by atoms with Gasteiger partial charge in [0, 0.05) is 6.54 Å². The summed E-state index contributed by atoms with van der Waals surface area (Å²) < 4.78 is 0. The molecule has 3 unspecified atom stereocenters. The van der Waals surface area contributed by atoms with Crippen LogP contribution < -0.4 is 11.1 Å². The molecular formula is C14H30N2O. The van der Waals surface area contributed by atoms with Gasteiger partial charge in [0.25, 0.3) is 0 Å². The van der Waals surface area contributed by atoms with Crippen molar-refractivity contribution < 1.29 is 5.11 Å². The predicted molar refractivity (Wildman–Crippen MR) is 72.8 cm³/mol. The van der Waals surface area contributed by atoms with Crippen LogP contribution >= 0.6 is 0 Å². The summed E-state index contributed by atoms with van der Waals surface area (Å²) in [6, 6.07) is 0. The van der Waals surface area contributed by atoms with Gasteiger partial charge in [0.05, 0.1) is 5.60 Å². The molecule has 0 saturated heterocycles. The summed E-state index contributed by atoms with van der Waals surface area (Å²) in [5.74, 6) is 1.78. The summed E-state index contributed by atoms with van der Waals surface area (Å²) in [6.07, 6.45) is 4.30. The van der Waals surface area contributed by atoms with Crippen molar-refractivity contribution in [3.8, 4) is 0 Å². The monoisotopic (exact) mass is 242 g/mol. The molecule has 0 amide bonds. The first-order valence-corrected chi connectivity index (χ1v) is 7.10. The topological polar surface area (TPSA) is 58.3 Å². The molecule has 0 aromatic heterocycles. The van der Waals surface area contributed by atoms with Gasteiger partial charge in [-0.25, -0.2) is 0 Å². The van der Waals surface area contributed by atoms with Crippen LogP contribution in [-0.4, -0.2) is 30.3 Å². The van der Waals surface area contributed by atoms with Crippen LogP contribution in [0.4, 0.5) is 0 Å². The van der Waals surface area contributed by atoms with E-state index in [0.29, 0.717) is 17.8 Å². The van der Waals surface area contributed by atoms with Crippen molar-refractivity contribution in [2.24, 2.45) is 23.5 Å². The van der Waals surface area contributed by atoms with Crippen LogP contribution in [0.2, 0.25) is 0 Å². The van der Waals surface area contributed by atoms with Gasteiger partial charge in [0.1, 0.15) is 0 Å². The third kappa shape index (κ3) is 4.94. The standard InChI is InChI=1S/C14H30N2O/c1-11(2)13(8-15)9-16-10-14(17)6-4-5-12(3)7-14/h11-13,16-17H,4-10,15H2,1-3H3. The van der Waals surface area contributed by atoms with Crippen LogP contribution in [0.3, 0.4) is 0 Å². The van der Waals surface area contributed by atoms with Crippen LogP contribution in [0, 0.1) is 17.8 Å². The summed E-state index contributed by atoms with van der Waals surface area (Å²) in [4.78, 5) is 0. The minimum absolute atomic E-state index is 0.478. The first-order chi connectivity index (χ1) is 7.97. The molecule has 3 heteroatoms. The number of hydrogen-bond donors (Lipinski definition) is 3. The average Bonchev–Trinajstić information content (AvgIpc) is 2.23. The average molecular weight is 242 g/mol. The zero-order chi connectivity index (χ0) is 12.9. The fourth-order valence-corrected chi connectivity index (χ4v) is 2.87. The van der Waals surface area contributed by atoms with Crippen LogP contribution in [0.15, 0.2) is 0 Å². The second-order valence-electron chi connectivity index (χ2n) is 6.30. The van der Waals surface area contributed by atoms with Crippen molar-refractivity contribution in [2.75, 3.05) is 19.6 Å². The zero-order valence-corrected chi connectivity index (χ0v) is 11.7. The van der Waals surface area contributed by atoms with E-state index >= 15 is 0 Å². The Morgan fingerprint density at radius 3 is 2.71 bits per heavy atom. The maximum Gasteiger partial charge on any atom is 0.0774 e. The van der Waals surface area contributed by atoms with Crippen molar-refractivity contribution in [2.45, 2.75) is 52.1 Å². The number of rotatable bonds is 6. The van der Waals surface area contributed by atoms with Gasteiger partial charge in [-0.2, -0.15) is 0 Å². The molecule has 1 saturated carbocycles. The van der Waals surface area contributed by atoms with E-state index in [1.807, 2.05) is 0 Å². The van der Waals surface area contributed by atoms with Crippen molar-refractivity contribution in [1.29, 1.82) is 0 Å². The summed E-state index contributed by atoms with van der Waals surface area (Å²) in [7, 11) is 0. The molecule has 1 aliphatic carbocycles. The fourth-order valence-electron chi connectivity index (χ4n) is 2.87. The maximum atomic E-state index is 10.5. The SMILES string of the molecule is CC1CCCC(O)(CNCC(CN)C(C)C)C1. The lowest BCUT2D eigenvalue weighted by Crippen LogP contribution is -2.46. The van der Waals surface area contributed by atoms with Crippen LogP contribution in [0.5, 0.6) is 0 Å². The van der Waals surface area contributed by atoms with E-state index in [1.165, 1.54) is 6.42 Å². The van der Waals surface area contributed by atoms with E-state index < -0.39 is 5.60 Å². The Morgan fingerprint density at radius 1 is 1.47 bits per heavy atom. The van der Waals surface area contributed by atoms with E-state index in [9.17, 15) is 5.11 Å². The van der Waals surface area contributed by atoms with E-state index in [-0.39, 0.29) is 0 Å². The molecule has 1 fully saturated rings. The minimum Gasteiger partial charge on any atom is -0.389 e. The van der Waals surface area contributed by atoms with Crippen molar-refractivity contribution in [3.05, 3.63) is 0 Å². The molecule has 17 heavy (non-hydrogen) atoms. The van der Waals surface area contributed by atoms with Crippen LogP contribution in [0.25, 0.3) is 0 Å². The Kier molecular flexibility index (Phi) is 5.90. The second-order valence-corrected chi connectivity index (χ2v) is 6.30. The van der Waals surface area contributed by atoms with E-state index in [2.05, 4.69) is 26.1 Å². The lowest BCUT2D eigenvalue weighted by atomic mass is 9.79. The molecular weight excluding hydrogens is 212 g/mol. The first-order valence-electron chi connectivity index (χ1n) is 7.10. The molecule has 0 aromatic rings. The number of nitrogens with two attached hydrogens (primary N) is 1. The maximum absolute atomic E-state index is 10.5. The van der Waals surface area contributed by atoms with E-state index in [4.69, 9.17) is 5.73 Å². The molecule has 3 atom stereocenters. The minimum atomic E-state index is -0.478. The van der Waals surface area contributed by atoms with E-state index in [0.717, 1.165) is 38.9 Å². The number of aliphatic hydroxyl groups is 1. The van der Waals surface area contributed by atoms with Gasteiger partial charge in [0.2, 0.25) is 0 Å². The molecule has 0 radical (unpaired) electrons. The first kappa shape index (κ1) is 14.9. The molecule has 1 rings (SSSR count). The smallest absolute Gasteiger partial charge is 0.0774 e. The van der Waals surface area contributed by atoms with Crippen LogP contribution in [-0.2, 0) is 0 Å². The van der Waals surface area contributed by atoms with Gasteiger partial charge in [-0.1, -0.05) is 33.6 Å². The third-order valence-electron chi connectivity index (χ3n) is 4.17. The molecule has 0 bridgehead atoms. The van der Waals surface area contributed by atoms with Crippen LogP contribution in [0.1, 0.15) is 46.5 Å². The van der Waals surface area contributed by atoms with Gasteiger partial charge in [-0.05, 0) is 43.7 Å².